The Labute approximate surface area is 208 Å². The predicted octanol–water partition coefficient (Wildman–Crippen LogP) is 4.41. The Kier molecular flexibility index (Phi) is 7.84. The summed E-state index contributed by atoms with van der Waals surface area (Å²) in [6.07, 6.45) is 3.13. The van der Waals surface area contributed by atoms with Gasteiger partial charge in [0.25, 0.3) is 5.91 Å². The maximum absolute atomic E-state index is 13.5. The quantitative estimate of drug-likeness (QED) is 0.525. The van der Waals surface area contributed by atoms with Crippen LogP contribution in [0.25, 0.3) is 0 Å². The van der Waals surface area contributed by atoms with Crippen molar-refractivity contribution in [2.45, 2.75) is 31.7 Å². The van der Waals surface area contributed by atoms with Gasteiger partial charge in [0.05, 0.1) is 17.2 Å². The van der Waals surface area contributed by atoms with Gasteiger partial charge >= 0.3 is 0 Å². The summed E-state index contributed by atoms with van der Waals surface area (Å²) in [7, 11) is 1.57. The molecule has 2 N–H and O–H groups in total. The smallest absolute Gasteiger partial charge is 0.258 e. The normalized spacial score (nSPS) is 22.9. The van der Waals surface area contributed by atoms with Crippen LogP contribution in [0.5, 0.6) is 11.5 Å². The summed E-state index contributed by atoms with van der Waals surface area (Å²) in [6.45, 7) is 0.283. The highest BCUT2D eigenvalue weighted by Gasteiger charge is 2.48. The molecule has 2 aromatic carbocycles. The number of benzene rings is 2. The number of methoxy groups -OCH3 is 1. The predicted molar refractivity (Wildman–Crippen MR) is 128 cm³/mol. The minimum absolute atomic E-state index is 0.00402. The Morgan fingerprint density at radius 1 is 1.06 bits per heavy atom. The third-order valence-corrected chi connectivity index (χ3v) is 7.33. The van der Waals surface area contributed by atoms with Crippen molar-refractivity contribution >= 4 is 35.0 Å². The number of carbonyl (C=O) groups is 2. The van der Waals surface area contributed by atoms with Gasteiger partial charge in [-0.3, -0.25) is 9.59 Å². The average Bonchev–Trinajstić information content (AvgIpc) is 2.79. The zero-order valence-electron chi connectivity index (χ0n) is 18.8. The summed E-state index contributed by atoms with van der Waals surface area (Å²) < 4.78 is 24.1. The van der Waals surface area contributed by atoms with Crippen LogP contribution in [-0.2, 0) is 16.0 Å². The standard InChI is InChI=1S/C25H27Cl2FN2O4/c1-33-23-5-2-14(8-20(23)27)6-7-29-25(32)18-12-22(16-9-15(18)10-16)30-24(31)13-34-17-3-4-19(26)21(28)11-17/h2-5,8,11,15-16,18,22H,6-7,9-10,12-13H2,1H3,(H,29,32)(H,30,31)/t15?,16?,18-,22?/m1/s1. The molecule has 2 amide bonds. The summed E-state index contributed by atoms with van der Waals surface area (Å²) in [4.78, 5) is 25.3. The Morgan fingerprint density at radius 2 is 1.85 bits per heavy atom. The van der Waals surface area contributed by atoms with E-state index in [4.69, 9.17) is 32.7 Å². The van der Waals surface area contributed by atoms with E-state index in [0.717, 1.165) is 24.5 Å². The van der Waals surface area contributed by atoms with Crippen LogP contribution in [0, 0.1) is 23.6 Å². The molecule has 6 nitrogen and oxygen atoms in total. The highest BCUT2D eigenvalue weighted by molar-refractivity contribution is 6.32. The van der Waals surface area contributed by atoms with Gasteiger partial charge in [-0.1, -0.05) is 29.3 Å². The maximum atomic E-state index is 13.5. The first-order valence-corrected chi connectivity index (χ1v) is 12.1. The number of carbonyl (C=O) groups excluding carboxylic acids is 2. The van der Waals surface area contributed by atoms with Crippen LogP contribution < -0.4 is 20.1 Å². The van der Waals surface area contributed by atoms with Crippen molar-refractivity contribution in [1.82, 2.24) is 10.6 Å². The molecular formula is C25H27Cl2FN2O4. The molecule has 3 fully saturated rings. The van der Waals surface area contributed by atoms with E-state index in [1.54, 1.807) is 7.11 Å². The average molecular weight is 509 g/mol. The molecule has 3 saturated carbocycles. The zero-order valence-corrected chi connectivity index (χ0v) is 20.3. The monoisotopic (exact) mass is 508 g/mol. The number of hydrogen-bond donors (Lipinski definition) is 2. The van der Waals surface area contributed by atoms with Crippen molar-refractivity contribution < 1.29 is 23.5 Å². The lowest BCUT2D eigenvalue weighted by atomic mass is 9.57. The highest BCUT2D eigenvalue weighted by atomic mass is 35.5. The van der Waals surface area contributed by atoms with Crippen LogP contribution in [0.2, 0.25) is 10.0 Å². The number of ether oxygens (including phenoxy) is 2. The zero-order chi connectivity index (χ0) is 24.2. The third-order valence-electron chi connectivity index (χ3n) is 6.73. The van der Waals surface area contributed by atoms with Gasteiger partial charge in [0.2, 0.25) is 5.91 Å². The van der Waals surface area contributed by atoms with Gasteiger partial charge in [-0.05, 0) is 67.3 Å². The Bertz CT molecular complexity index is 1060. The molecule has 0 spiro atoms. The van der Waals surface area contributed by atoms with E-state index in [2.05, 4.69) is 10.6 Å². The first-order chi connectivity index (χ1) is 16.3. The highest BCUT2D eigenvalue weighted by Crippen LogP contribution is 2.49. The second-order valence-corrected chi connectivity index (χ2v) is 9.70. The Balaban J connectivity index is 1.23. The molecule has 5 rings (SSSR count). The van der Waals surface area contributed by atoms with Crippen molar-refractivity contribution in [3.05, 3.63) is 57.8 Å². The molecule has 3 aliphatic carbocycles. The molecule has 9 heteroatoms. The van der Waals surface area contributed by atoms with Crippen molar-refractivity contribution in [1.29, 1.82) is 0 Å². The van der Waals surface area contributed by atoms with Crippen LogP contribution >= 0.6 is 23.2 Å². The summed E-state index contributed by atoms with van der Waals surface area (Å²) >= 11 is 11.8. The van der Waals surface area contributed by atoms with Crippen LogP contribution in [0.1, 0.15) is 24.8 Å². The minimum Gasteiger partial charge on any atom is -0.495 e. The minimum atomic E-state index is -0.601. The fourth-order valence-electron chi connectivity index (χ4n) is 4.81. The Hall–Kier alpha value is -2.51. The molecule has 0 heterocycles. The van der Waals surface area contributed by atoms with Crippen molar-refractivity contribution in [2.24, 2.45) is 17.8 Å². The molecule has 3 aliphatic rings. The molecule has 0 saturated heterocycles. The second-order valence-electron chi connectivity index (χ2n) is 8.88. The molecule has 0 radical (unpaired) electrons. The fourth-order valence-corrected chi connectivity index (χ4v) is 5.21. The van der Waals surface area contributed by atoms with Gasteiger partial charge in [0.1, 0.15) is 17.3 Å². The van der Waals surface area contributed by atoms with Crippen LogP contribution in [0.3, 0.4) is 0 Å². The maximum Gasteiger partial charge on any atom is 0.258 e. The second kappa shape index (κ2) is 10.8. The van der Waals surface area contributed by atoms with Gasteiger partial charge in [-0.2, -0.15) is 0 Å². The summed E-state index contributed by atoms with van der Waals surface area (Å²) in [5, 5.41) is 6.57. The van der Waals surface area contributed by atoms with E-state index in [0.29, 0.717) is 42.0 Å². The van der Waals surface area contributed by atoms with Gasteiger partial charge < -0.3 is 20.1 Å². The third kappa shape index (κ3) is 5.76. The van der Waals surface area contributed by atoms with E-state index in [9.17, 15) is 14.0 Å². The van der Waals surface area contributed by atoms with E-state index in [1.807, 2.05) is 18.2 Å². The first kappa shape index (κ1) is 24.6. The molecule has 34 heavy (non-hydrogen) atoms. The number of rotatable bonds is 9. The molecule has 182 valence electrons. The van der Waals surface area contributed by atoms with E-state index in [-0.39, 0.29) is 41.2 Å². The van der Waals surface area contributed by atoms with Gasteiger partial charge in [-0.25, -0.2) is 4.39 Å². The van der Waals surface area contributed by atoms with Crippen LogP contribution in [-0.4, -0.2) is 38.1 Å². The largest absolute Gasteiger partial charge is 0.495 e. The molecule has 2 bridgehead atoms. The number of fused-ring (bicyclic) bond motifs is 2. The van der Waals surface area contributed by atoms with Crippen molar-refractivity contribution in [2.75, 3.05) is 20.3 Å². The van der Waals surface area contributed by atoms with Gasteiger partial charge in [0.15, 0.2) is 6.61 Å². The molecule has 2 aromatic rings. The number of amides is 2. The summed E-state index contributed by atoms with van der Waals surface area (Å²) in [5.41, 5.74) is 1.02. The SMILES string of the molecule is COc1ccc(CCNC(=O)[C@@H]2CC(NC(=O)COc3ccc(Cl)c(F)c3)C3CC2C3)cc1Cl. The van der Waals surface area contributed by atoms with E-state index in [1.165, 1.54) is 12.1 Å². The Morgan fingerprint density at radius 3 is 2.56 bits per heavy atom. The first-order valence-electron chi connectivity index (χ1n) is 11.3. The van der Waals surface area contributed by atoms with Crippen molar-refractivity contribution in [3.63, 3.8) is 0 Å². The lowest BCUT2D eigenvalue weighted by molar-refractivity contribution is -0.136. The van der Waals surface area contributed by atoms with E-state index < -0.39 is 5.82 Å². The lowest BCUT2D eigenvalue weighted by Gasteiger charge is -2.50. The topological polar surface area (TPSA) is 76.7 Å². The number of halogens is 3. The molecule has 0 aliphatic heterocycles. The molecular weight excluding hydrogens is 482 g/mol. The molecule has 2 atom stereocenters. The van der Waals surface area contributed by atoms with Gasteiger partial charge in [-0.15, -0.1) is 0 Å². The summed E-state index contributed by atoms with van der Waals surface area (Å²) in [6, 6.07) is 9.56. The van der Waals surface area contributed by atoms with Crippen LogP contribution in [0.4, 0.5) is 4.39 Å². The summed E-state index contributed by atoms with van der Waals surface area (Å²) in [5.74, 6) is 0.609. The molecule has 0 aromatic heterocycles. The fraction of sp³-hybridized carbons (Fsp3) is 0.440. The number of nitrogens with one attached hydrogen (secondary N) is 2. The molecule has 1 unspecified atom stereocenters. The van der Waals surface area contributed by atoms with Crippen molar-refractivity contribution in [3.8, 4) is 11.5 Å². The van der Waals surface area contributed by atoms with Crippen LogP contribution in [0.15, 0.2) is 36.4 Å². The lowest BCUT2D eigenvalue weighted by Crippen LogP contribution is -2.57. The van der Waals surface area contributed by atoms with E-state index >= 15 is 0 Å². The van der Waals surface area contributed by atoms with Gasteiger partial charge in [0, 0.05) is 24.6 Å². The number of hydrogen-bond acceptors (Lipinski definition) is 4.